The van der Waals surface area contributed by atoms with Crippen LogP contribution in [0.15, 0.2) is 47.4 Å². The van der Waals surface area contributed by atoms with Crippen LogP contribution in [0.25, 0.3) is 0 Å². The van der Waals surface area contributed by atoms with Gasteiger partial charge in [0, 0.05) is 25.2 Å². The second-order valence-electron chi connectivity index (χ2n) is 7.05. The number of hydrogen-bond acceptors (Lipinski definition) is 4. The van der Waals surface area contributed by atoms with Crippen molar-refractivity contribution in [3.8, 4) is 0 Å². The van der Waals surface area contributed by atoms with E-state index < -0.39 is 10.0 Å². The van der Waals surface area contributed by atoms with E-state index in [0.717, 1.165) is 36.3 Å². The molecule has 0 bridgehead atoms. The van der Waals surface area contributed by atoms with E-state index in [1.165, 1.54) is 0 Å². The molecule has 0 aliphatic rings. The normalized spacial score (nSPS) is 11.6. The Morgan fingerprint density at radius 3 is 2.21 bits per heavy atom. The van der Waals surface area contributed by atoms with Gasteiger partial charge in [-0.1, -0.05) is 32.0 Å². The highest BCUT2D eigenvalue weighted by atomic mass is 32.2. The highest BCUT2D eigenvalue weighted by molar-refractivity contribution is 7.89. The molecule has 7 heteroatoms. The lowest BCUT2D eigenvalue weighted by Gasteiger charge is -2.18. The molecule has 0 aromatic heterocycles. The van der Waals surface area contributed by atoms with Gasteiger partial charge in [0.2, 0.25) is 10.0 Å². The lowest BCUT2D eigenvalue weighted by atomic mass is 10.1. The minimum Gasteiger partial charge on any atom is -0.351 e. The van der Waals surface area contributed by atoms with Crippen LogP contribution in [0.4, 0.5) is 0 Å². The second-order valence-corrected chi connectivity index (χ2v) is 8.82. The maximum atomic E-state index is 12.5. The van der Waals surface area contributed by atoms with E-state index in [1.54, 1.807) is 42.5 Å². The topological polar surface area (TPSA) is 78.5 Å². The van der Waals surface area contributed by atoms with Crippen LogP contribution < -0.4 is 10.0 Å². The first-order valence-corrected chi connectivity index (χ1v) is 11.4. The van der Waals surface area contributed by atoms with Crippen molar-refractivity contribution in [3.05, 3.63) is 64.7 Å². The lowest BCUT2D eigenvalue weighted by Crippen LogP contribution is -2.34. The van der Waals surface area contributed by atoms with E-state index in [-0.39, 0.29) is 17.3 Å². The van der Waals surface area contributed by atoms with Crippen molar-refractivity contribution in [2.75, 3.05) is 26.2 Å². The van der Waals surface area contributed by atoms with Crippen LogP contribution in [0.5, 0.6) is 0 Å². The summed E-state index contributed by atoms with van der Waals surface area (Å²) >= 11 is 0. The molecule has 0 atom stereocenters. The van der Waals surface area contributed by atoms with Crippen molar-refractivity contribution in [2.45, 2.75) is 39.1 Å². The summed E-state index contributed by atoms with van der Waals surface area (Å²) in [5, 5.41) is 2.91. The monoisotopic (exact) mass is 417 g/mol. The quantitative estimate of drug-likeness (QED) is 0.623. The van der Waals surface area contributed by atoms with E-state index in [2.05, 4.69) is 28.8 Å². The molecule has 2 rings (SSSR count). The number of carbonyl (C=O) groups is 1. The van der Waals surface area contributed by atoms with E-state index in [0.29, 0.717) is 12.1 Å². The number of carbonyl (C=O) groups excluding carboxylic acids is 1. The van der Waals surface area contributed by atoms with E-state index >= 15 is 0 Å². The van der Waals surface area contributed by atoms with Crippen molar-refractivity contribution in [1.29, 1.82) is 0 Å². The highest BCUT2D eigenvalue weighted by Gasteiger charge is 2.14. The van der Waals surface area contributed by atoms with Gasteiger partial charge in [-0.2, -0.15) is 0 Å². The number of sulfonamides is 1. The Kier molecular flexibility index (Phi) is 8.37. The third-order valence-electron chi connectivity index (χ3n) is 5.08. The first kappa shape index (κ1) is 23.1. The third-order valence-corrected chi connectivity index (χ3v) is 6.48. The summed E-state index contributed by atoms with van der Waals surface area (Å²) in [5.74, 6) is -0.126. The number of amides is 1. The minimum atomic E-state index is -3.58. The zero-order valence-corrected chi connectivity index (χ0v) is 18.5. The van der Waals surface area contributed by atoms with Crippen LogP contribution in [0.3, 0.4) is 0 Å². The molecule has 0 unspecified atom stereocenters. The average Bonchev–Trinajstić information content (AvgIpc) is 2.72. The number of rotatable bonds is 10. The molecule has 2 aromatic carbocycles. The van der Waals surface area contributed by atoms with E-state index in [9.17, 15) is 13.2 Å². The summed E-state index contributed by atoms with van der Waals surface area (Å²) in [5.41, 5.74) is 3.33. The molecule has 2 aromatic rings. The van der Waals surface area contributed by atoms with Gasteiger partial charge in [0.15, 0.2) is 0 Å². The van der Waals surface area contributed by atoms with Gasteiger partial charge in [0.1, 0.15) is 0 Å². The van der Waals surface area contributed by atoms with Gasteiger partial charge in [0.05, 0.1) is 4.90 Å². The van der Waals surface area contributed by atoms with Crippen LogP contribution in [0.1, 0.15) is 40.9 Å². The van der Waals surface area contributed by atoms with E-state index in [4.69, 9.17) is 0 Å². The Hall–Kier alpha value is -2.22. The van der Waals surface area contributed by atoms with Gasteiger partial charge in [-0.25, -0.2) is 13.1 Å². The molecule has 0 saturated heterocycles. The SMILES string of the molecule is CCN(CC)CCNC(=O)c1ccc(CNS(=O)(=O)c2ccc(C)c(C)c2)cc1. The fraction of sp³-hybridized carbons (Fsp3) is 0.409. The van der Waals surface area contributed by atoms with E-state index in [1.807, 2.05) is 13.8 Å². The van der Waals surface area contributed by atoms with Crippen LogP contribution in [-0.2, 0) is 16.6 Å². The van der Waals surface area contributed by atoms with Crippen molar-refractivity contribution in [3.63, 3.8) is 0 Å². The van der Waals surface area contributed by atoms with Crippen LogP contribution in [0.2, 0.25) is 0 Å². The Morgan fingerprint density at radius 2 is 1.62 bits per heavy atom. The zero-order valence-electron chi connectivity index (χ0n) is 17.7. The number of nitrogens with zero attached hydrogens (tertiary/aromatic N) is 1. The smallest absolute Gasteiger partial charge is 0.251 e. The van der Waals surface area contributed by atoms with Crippen molar-refractivity contribution >= 4 is 15.9 Å². The molecule has 6 nitrogen and oxygen atoms in total. The molecule has 2 N–H and O–H groups in total. The molecule has 158 valence electrons. The molecule has 0 spiro atoms. The number of aryl methyl sites for hydroxylation is 2. The largest absolute Gasteiger partial charge is 0.351 e. The van der Waals surface area contributed by atoms with Crippen molar-refractivity contribution in [1.82, 2.24) is 14.9 Å². The molecule has 0 aliphatic heterocycles. The summed E-state index contributed by atoms with van der Waals surface area (Å²) in [6, 6.07) is 12.0. The Labute approximate surface area is 174 Å². The predicted molar refractivity (Wildman–Crippen MR) is 117 cm³/mol. The van der Waals surface area contributed by atoms with Crippen LogP contribution in [0, 0.1) is 13.8 Å². The molecule has 0 radical (unpaired) electrons. The fourth-order valence-corrected chi connectivity index (χ4v) is 3.99. The van der Waals surface area contributed by atoms with Gasteiger partial charge in [0.25, 0.3) is 5.91 Å². The Balaban J connectivity index is 1.91. The van der Waals surface area contributed by atoms with Crippen molar-refractivity contribution < 1.29 is 13.2 Å². The van der Waals surface area contributed by atoms with Gasteiger partial charge in [-0.3, -0.25) is 4.79 Å². The molecule has 0 aliphatic carbocycles. The summed E-state index contributed by atoms with van der Waals surface area (Å²) in [4.78, 5) is 14.7. The molecule has 0 fully saturated rings. The maximum absolute atomic E-state index is 12.5. The number of benzene rings is 2. The second kappa shape index (κ2) is 10.5. The first-order chi connectivity index (χ1) is 13.8. The summed E-state index contributed by atoms with van der Waals surface area (Å²) in [6.45, 7) is 11.5. The lowest BCUT2D eigenvalue weighted by molar-refractivity contribution is 0.0949. The van der Waals surface area contributed by atoms with Gasteiger partial charge in [-0.15, -0.1) is 0 Å². The Morgan fingerprint density at radius 1 is 0.966 bits per heavy atom. The molecule has 0 heterocycles. The highest BCUT2D eigenvalue weighted by Crippen LogP contribution is 2.15. The summed E-state index contributed by atoms with van der Waals surface area (Å²) in [6.07, 6.45) is 0. The molecule has 0 saturated carbocycles. The third kappa shape index (κ3) is 6.66. The molecule has 29 heavy (non-hydrogen) atoms. The number of hydrogen-bond donors (Lipinski definition) is 2. The Bertz CT molecular complexity index is 921. The maximum Gasteiger partial charge on any atom is 0.251 e. The molecule has 1 amide bonds. The minimum absolute atomic E-state index is 0.126. The number of likely N-dealkylation sites (N-methyl/N-ethyl adjacent to an activating group) is 1. The van der Waals surface area contributed by atoms with Crippen LogP contribution >= 0.6 is 0 Å². The zero-order chi connectivity index (χ0) is 21.4. The average molecular weight is 418 g/mol. The number of nitrogens with one attached hydrogen (secondary N) is 2. The fourth-order valence-electron chi connectivity index (χ4n) is 2.89. The molecular formula is C22H31N3O3S. The first-order valence-electron chi connectivity index (χ1n) is 9.93. The van der Waals surface area contributed by atoms with Crippen molar-refractivity contribution in [2.24, 2.45) is 0 Å². The standard InChI is InChI=1S/C22H31N3O3S/c1-5-25(6-2)14-13-23-22(26)20-10-8-19(9-11-20)16-24-29(27,28)21-12-7-17(3)18(4)15-21/h7-12,15,24H,5-6,13-14,16H2,1-4H3,(H,23,26). The van der Waals surface area contributed by atoms with Gasteiger partial charge in [-0.05, 0) is 67.9 Å². The molecular weight excluding hydrogens is 386 g/mol. The predicted octanol–water partition coefficient (Wildman–Crippen LogP) is 2.85. The summed E-state index contributed by atoms with van der Waals surface area (Å²) < 4.78 is 27.6. The van der Waals surface area contributed by atoms with Gasteiger partial charge >= 0.3 is 0 Å². The van der Waals surface area contributed by atoms with Gasteiger partial charge < -0.3 is 10.2 Å². The van der Waals surface area contributed by atoms with Crippen LogP contribution in [-0.4, -0.2) is 45.4 Å². The summed E-state index contributed by atoms with van der Waals surface area (Å²) in [7, 11) is -3.58.